The van der Waals surface area contributed by atoms with Gasteiger partial charge in [0.1, 0.15) is 5.82 Å². The highest BCUT2D eigenvalue weighted by Gasteiger charge is 2.41. The van der Waals surface area contributed by atoms with Gasteiger partial charge in [-0.25, -0.2) is 0 Å². The molecule has 1 atom stereocenters. The van der Waals surface area contributed by atoms with Crippen LogP contribution in [0.2, 0.25) is 5.02 Å². The molecule has 0 amide bonds. The van der Waals surface area contributed by atoms with E-state index in [0.29, 0.717) is 28.4 Å². The second kappa shape index (κ2) is 9.55. The minimum absolute atomic E-state index is 0.0966. The number of carbonyl (C=O) groups is 1. The summed E-state index contributed by atoms with van der Waals surface area (Å²) in [5.74, 6) is 0.0497. The van der Waals surface area contributed by atoms with E-state index in [1.54, 1.807) is 17.4 Å². The molecule has 0 saturated carbocycles. The van der Waals surface area contributed by atoms with E-state index < -0.39 is 5.92 Å². The molecule has 3 aliphatic rings. The molecule has 5 rings (SSSR count). The van der Waals surface area contributed by atoms with Crippen molar-refractivity contribution < 1.29 is 9.53 Å². The van der Waals surface area contributed by atoms with Crippen LogP contribution < -0.4 is 10.6 Å². The Kier molecular flexibility index (Phi) is 6.50. The lowest BCUT2D eigenvalue weighted by Crippen LogP contribution is -2.38. The number of rotatable bonds is 4. The fraction of sp³-hybridized carbons (Fsp3) is 0.385. The van der Waals surface area contributed by atoms with Crippen LogP contribution in [0.5, 0.6) is 0 Å². The van der Waals surface area contributed by atoms with Crippen LogP contribution >= 0.6 is 22.9 Å². The van der Waals surface area contributed by atoms with Crippen LogP contribution in [0.25, 0.3) is 0 Å². The lowest BCUT2D eigenvalue weighted by molar-refractivity contribution is -0.116. The van der Waals surface area contributed by atoms with Gasteiger partial charge in [0, 0.05) is 57.8 Å². The number of nitriles is 1. The van der Waals surface area contributed by atoms with Crippen LogP contribution in [0.15, 0.2) is 53.0 Å². The average Bonchev–Trinajstić information content (AvgIpc) is 3.18. The van der Waals surface area contributed by atoms with Gasteiger partial charge in [-0.05, 0) is 49.6 Å². The topological polar surface area (TPSA) is 82.6 Å². The highest BCUT2D eigenvalue weighted by atomic mass is 35.5. The number of halogens is 1. The molecular weight excluding hydrogens is 468 g/mol. The van der Waals surface area contributed by atoms with E-state index in [9.17, 15) is 10.1 Å². The van der Waals surface area contributed by atoms with Gasteiger partial charge >= 0.3 is 0 Å². The Balaban J connectivity index is 1.60. The normalized spacial score (nSPS) is 21.6. The number of allylic oxidation sites excluding steroid dienone is 3. The van der Waals surface area contributed by atoms with E-state index >= 15 is 0 Å². The molecule has 1 saturated heterocycles. The number of Topliss-reactive ketones (excluding diaryl/α,β-unsaturated/α-hetero) is 1. The number of nitrogens with two attached hydrogens (primary N) is 1. The van der Waals surface area contributed by atoms with Crippen molar-refractivity contribution in [1.29, 1.82) is 5.26 Å². The van der Waals surface area contributed by atoms with E-state index in [0.717, 1.165) is 62.0 Å². The van der Waals surface area contributed by atoms with Crippen molar-refractivity contribution in [3.8, 4) is 6.07 Å². The molecule has 2 aliphatic heterocycles. The highest BCUT2D eigenvalue weighted by Crippen LogP contribution is 2.48. The molecule has 0 spiro atoms. The Morgan fingerprint density at radius 3 is 2.79 bits per heavy atom. The standard InChI is InChI=1S/C26H27ClN4O2S/c1-16-17(15-30-8-10-33-11-9-30)12-23(34-16)24-20(14-28)26(29)31(19-5-2-4-18(27)13-19)21-6-3-7-22(32)25(21)24/h2,4-5,12-13,24H,3,6-11,15,29H2,1H3/t24-/m1/s1. The smallest absolute Gasteiger partial charge is 0.161 e. The third-order valence-corrected chi connectivity index (χ3v) is 8.19. The van der Waals surface area contributed by atoms with Gasteiger partial charge in [-0.1, -0.05) is 17.7 Å². The van der Waals surface area contributed by atoms with Gasteiger partial charge in [0.25, 0.3) is 0 Å². The molecule has 3 heterocycles. The van der Waals surface area contributed by atoms with E-state index in [1.165, 1.54) is 10.4 Å². The maximum Gasteiger partial charge on any atom is 0.161 e. The third-order valence-electron chi connectivity index (χ3n) is 6.80. The zero-order valence-corrected chi connectivity index (χ0v) is 20.7. The molecule has 176 valence electrons. The van der Waals surface area contributed by atoms with Crippen molar-refractivity contribution in [2.45, 2.75) is 38.6 Å². The quantitative estimate of drug-likeness (QED) is 0.654. The van der Waals surface area contributed by atoms with E-state index in [2.05, 4.69) is 24.0 Å². The molecule has 8 heteroatoms. The minimum atomic E-state index is -0.426. The van der Waals surface area contributed by atoms with Gasteiger partial charge in [0.05, 0.1) is 30.8 Å². The van der Waals surface area contributed by atoms with Gasteiger partial charge in [0.15, 0.2) is 5.78 Å². The third kappa shape index (κ3) is 4.16. The summed E-state index contributed by atoms with van der Waals surface area (Å²) >= 11 is 7.93. The molecule has 0 radical (unpaired) electrons. The second-order valence-electron chi connectivity index (χ2n) is 8.91. The first-order valence-electron chi connectivity index (χ1n) is 11.6. The Bertz CT molecular complexity index is 1240. The maximum atomic E-state index is 13.3. The lowest BCUT2D eigenvalue weighted by atomic mass is 9.78. The number of carbonyl (C=O) groups excluding carboxylic acids is 1. The van der Waals surface area contributed by atoms with E-state index in [4.69, 9.17) is 22.1 Å². The summed E-state index contributed by atoms with van der Waals surface area (Å²) in [5.41, 5.74) is 10.7. The molecule has 0 unspecified atom stereocenters. The number of morpholine rings is 1. The number of hydrogen-bond donors (Lipinski definition) is 1. The summed E-state index contributed by atoms with van der Waals surface area (Å²) in [7, 11) is 0. The minimum Gasteiger partial charge on any atom is -0.384 e. The summed E-state index contributed by atoms with van der Waals surface area (Å²) in [6.07, 6.45) is 1.99. The molecular formula is C26H27ClN4O2S. The number of ether oxygens (including phenoxy) is 1. The van der Waals surface area contributed by atoms with E-state index in [1.807, 2.05) is 23.1 Å². The number of benzene rings is 1. The molecule has 1 aromatic carbocycles. The monoisotopic (exact) mass is 494 g/mol. The van der Waals surface area contributed by atoms with Crippen LogP contribution in [0.4, 0.5) is 5.69 Å². The van der Waals surface area contributed by atoms with Crippen molar-refractivity contribution in [2.75, 3.05) is 31.2 Å². The number of nitrogens with zero attached hydrogens (tertiary/aromatic N) is 3. The second-order valence-corrected chi connectivity index (χ2v) is 10.6. The Hall–Kier alpha value is -2.63. The molecule has 6 nitrogen and oxygen atoms in total. The lowest BCUT2D eigenvalue weighted by Gasteiger charge is -2.39. The summed E-state index contributed by atoms with van der Waals surface area (Å²) < 4.78 is 5.48. The SMILES string of the molecule is Cc1sc([C@H]2C(C#N)=C(N)N(c3cccc(Cl)c3)C3=C2C(=O)CCC3)cc1CN1CCOCC1. The molecule has 34 heavy (non-hydrogen) atoms. The highest BCUT2D eigenvalue weighted by molar-refractivity contribution is 7.12. The van der Waals surface area contributed by atoms with Gasteiger partial charge in [-0.3, -0.25) is 14.6 Å². The number of hydrogen-bond acceptors (Lipinski definition) is 7. The maximum absolute atomic E-state index is 13.3. The van der Waals surface area contributed by atoms with Crippen LogP contribution in [0.3, 0.4) is 0 Å². The van der Waals surface area contributed by atoms with Crippen molar-refractivity contribution in [3.05, 3.63) is 73.3 Å². The zero-order chi connectivity index (χ0) is 23.8. The number of thiophene rings is 1. The molecule has 2 N–H and O–H groups in total. The zero-order valence-electron chi connectivity index (χ0n) is 19.1. The Morgan fingerprint density at radius 1 is 1.26 bits per heavy atom. The first-order chi connectivity index (χ1) is 16.5. The van der Waals surface area contributed by atoms with Crippen molar-refractivity contribution in [2.24, 2.45) is 5.73 Å². The van der Waals surface area contributed by atoms with E-state index in [-0.39, 0.29) is 5.78 Å². The number of ketones is 1. The molecule has 1 fully saturated rings. The fourth-order valence-corrected chi connectivity index (χ4v) is 6.47. The summed E-state index contributed by atoms with van der Waals surface area (Å²) in [5, 5.41) is 10.8. The first kappa shape index (κ1) is 23.1. The molecule has 2 aromatic rings. The Labute approximate surface area is 208 Å². The predicted octanol–water partition coefficient (Wildman–Crippen LogP) is 4.85. The summed E-state index contributed by atoms with van der Waals surface area (Å²) in [6.45, 7) is 6.27. The van der Waals surface area contributed by atoms with Crippen molar-refractivity contribution in [1.82, 2.24) is 4.90 Å². The van der Waals surface area contributed by atoms with Gasteiger partial charge in [0.2, 0.25) is 0 Å². The van der Waals surface area contributed by atoms with Crippen LogP contribution in [-0.2, 0) is 16.1 Å². The summed E-state index contributed by atoms with van der Waals surface area (Å²) in [4.78, 5) is 19.8. The number of anilines is 1. The van der Waals surface area contributed by atoms with Crippen molar-refractivity contribution >= 4 is 34.4 Å². The largest absolute Gasteiger partial charge is 0.384 e. The van der Waals surface area contributed by atoms with Gasteiger partial charge in [-0.2, -0.15) is 5.26 Å². The van der Waals surface area contributed by atoms with Gasteiger partial charge in [-0.15, -0.1) is 11.3 Å². The van der Waals surface area contributed by atoms with Gasteiger partial charge < -0.3 is 10.5 Å². The molecule has 1 aromatic heterocycles. The molecule has 0 bridgehead atoms. The Morgan fingerprint density at radius 2 is 2.06 bits per heavy atom. The predicted molar refractivity (Wildman–Crippen MR) is 135 cm³/mol. The van der Waals surface area contributed by atoms with Crippen molar-refractivity contribution in [3.63, 3.8) is 0 Å². The van der Waals surface area contributed by atoms with Crippen LogP contribution in [-0.4, -0.2) is 37.0 Å². The molecule has 1 aliphatic carbocycles. The average molecular weight is 495 g/mol. The first-order valence-corrected chi connectivity index (χ1v) is 12.8. The fourth-order valence-electron chi connectivity index (χ4n) is 5.13. The summed E-state index contributed by atoms with van der Waals surface area (Å²) in [6, 6.07) is 11.9. The van der Waals surface area contributed by atoms with Crippen LogP contribution in [0.1, 0.15) is 40.5 Å². The van der Waals surface area contributed by atoms with Crippen LogP contribution in [0, 0.1) is 18.3 Å². The number of aryl methyl sites for hydroxylation is 1.